The van der Waals surface area contributed by atoms with Gasteiger partial charge in [0.1, 0.15) is 31.3 Å². The molecule has 12 heteroatoms. The van der Waals surface area contributed by atoms with E-state index in [2.05, 4.69) is 39.8 Å². The fourth-order valence-electron chi connectivity index (χ4n) is 6.24. The third-order valence-corrected chi connectivity index (χ3v) is 10.9. The molecule has 0 bridgehead atoms. The molecule has 3 atom stereocenters. The molecule has 2 unspecified atom stereocenters. The predicted octanol–water partition coefficient (Wildman–Crippen LogP) is 10.1. The number of carbonyl (C=O) groups excluding carboxylic acids is 2. The van der Waals surface area contributed by atoms with E-state index in [4.69, 9.17) is 22.9 Å². The molecule has 1 heterocycles. The molecule has 0 saturated heterocycles. The van der Waals surface area contributed by atoms with E-state index in [1.807, 2.05) is 39.4 Å². The third kappa shape index (κ3) is 28.8. The molecule has 0 saturated carbocycles. The Bertz CT molecular complexity index is 1380. The summed E-state index contributed by atoms with van der Waals surface area (Å²) in [6.07, 6.45) is 29.0. The zero-order valence-corrected chi connectivity index (χ0v) is 38.2. The summed E-state index contributed by atoms with van der Waals surface area (Å²) in [4.78, 5) is 37.6. The van der Waals surface area contributed by atoms with Gasteiger partial charge in [-0.15, -0.1) is 0 Å². The molecule has 0 radical (unpaired) electrons. The first-order chi connectivity index (χ1) is 27.7. The minimum absolute atomic E-state index is 0.0565. The summed E-state index contributed by atoms with van der Waals surface area (Å²) in [5, 5.41) is 10.2. The minimum Gasteiger partial charge on any atom is -0.756 e. The van der Waals surface area contributed by atoms with Crippen molar-refractivity contribution in [3.63, 3.8) is 0 Å². The third-order valence-electron chi connectivity index (χ3n) is 9.95. The van der Waals surface area contributed by atoms with Crippen LogP contribution < -0.4 is 4.89 Å². The van der Waals surface area contributed by atoms with Gasteiger partial charge in [0.25, 0.3) is 7.82 Å². The average Bonchev–Trinajstić information content (AvgIpc) is 3.43. The van der Waals surface area contributed by atoms with Gasteiger partial charge in [0.05, 0.1) is 33.9 Å². The Balaban J connectivity index is 2.37. The number of carbonyl (C=O) groups is 2. The number of ether oxygens (including phenoxy) is 2. The van der Waals surface area contributed by atoms with Gasteiger partial charge in [-0.25, -0.2) is 0 Å². The molecule has 0 spiro atoms. The maximum absolute atomic E-state index is 12.7. The number of phosphoric acid groups is 1. The lowest BCUT2D eigenvalue weighted by molar-refractivity contribution is -0.870. The Labute approximate surface area is 351 Å². The molecule has 0 aliphatic carbocycles. The minimum atomic E-state index is -4.66. The van der Waals surface area contributed by atoms with Crippen molar-refractivity contribution in [2.24, 2.45) is 0 Å². The van der Waals surface area contributed by atoms with Crippen molar-refractivity contribution in [2.75, 3.05) is 47.5 Å². The Morgan fingerprint density at radius 3 is 1.97 bits per heavy atom. The van der Waals surface area contributed by atoms with Crippen LogP contribution in [0.3, 0.4) is 0 Å². The number of furan rings is 1. The van der Waals surface area contributed by atoms with Crippen LogP contribution in [0.4, 0.5) is 0 Å². The smallest absolute Gasteiger partial charge is 0.306 e. The van der Waals surface area contributed by atoms with Crippen molar-refractivity contribution >= 4 is 19.8 Å². The fourth-order valence-corrected chi connectivity index (χ4v) is 6.97. The van der Waals surface area contributed by atoms with Crippen LogP contribution in [0.5, 0.6) is 0 Å². The van der Waals surface area contributed by atoms with Gasteiger partial charge >= 0.3 is 11.9 Å². The predicted molar refractivity (Wildman–Crippen MR) is 231 cm³/mol. The number of hydrogen-bond donors (Lipinski definition) is 1. The summed E-state index contributed by atoms with van der Waals surface area (Å²) in [6, 6.07) is 0. The molecule has 0 fully saturated rings. The lowest BCUT2D eigenvalue weighted by Crippen LogP contribution is -2.37. The second kappa shape index (κ2) is 32.3. The number of likely N-dealkylation sites (N-methyl/N-ethyl adjacent to an activating group) is 1. The van der Waals surface area contributed by atoms with E-state index in [0.717, 1.165) is 101 Å². The largest absolute Gasteiger partial charge is 0.756 e. The van der Waals surface area contributed by atoms with Gasteiger partial charge in [-0.05, 0) is 69.9 Å². The van der Waals surface area contributed by atoms with E-state index in [1.165, 1.54) is 24.0 Å². The molecular weight excluding hydrogens is 757 g/mol. The summed E-state index contributed by atoms with van der Waals surface area (Å²) < 4.78 is 40.0. The molecular formula is C46H80NO10P. The number of aryl methyl sites for hydroxylation is 2. The summed E-state index contributed by atoms with van der Waals surface area (Å²) in [6.45, 7) is 8.19. The van der Waals surface area contributed by atoms with Crippen LogP contribution in [0.25, 0.3) is 0 Å². The van der Waals surface area contributed by atoms with Crippen molar-refractivity contribution in [3.8, 4) is 0 Å². The number of aliphatic hydroxyl groups is 1. The lowest BCUT2D eigenvalue weighted by Gasteiger charge is -2.28. The first-order valence-electron chi connectivity index (χ1n) is 22.2. The zero-order chi connectivity index (χ0) is 43.1. The lowest BCUT2D eigenvalue weighted by atomic mass is 10.0. The number of rotatable bonds is 36. The van der Waals surface area contributed by atoms with Crippen LogP contribution in [0, 0.1) is 13.8 Å². The molecule has 0 aromatic carbocycles. The topological polar surface area (TPSA) is 145 Å². The Morgan fingerprint density at radius 1 is 0.759 bits per heavy atom. The maximum atomic E-state index is 12.7. The maximum Gasteiger partial charge on any atom is 0.306 e. The normalized spacial score (nSPS) is 14.4. The highest BCUT2D eigenvalue weighted by Gasteiger charge is 2.22. The standard InChI is InChI=1S/C46H80NO10P/c1-8-10-11-12-15-19-24-30-41(48)31-25-20-18-23-28-34-46(50)56-42(38-55-58(51,52)54-36-35-47(5,6)7)37-53-45(49)33-27-22-17-14-13-16-21-26-32-44-40(4)39(3)43(57-44)29-9-2/h10-11,15,19,24,30,41-42,48H,8-9,12-14,16-18,20-23,25-29,31-38H2,1-7H3/b11-10+,19-15+,30-24+/t41?,42-/m1/s1. The van der Waals surface area contributed by atoms with E-state index in [1.54, 1.807) is 6.08 Å². The summed E-state index contributed by atoms with van der Waals surface area (Å²) in [5.74, 6) is 1.35. The van der Waals surface area contributed by atoms with E-state index in [0.29, 0.717) is 30.3 Å². The second-order valence-corrected chi connectivity index (χ2v) is 17.9. The molecule has 334 valence electrons. The molecule has 1 N–H and O–H groups in total. The number of hydrogen-bond acceptors (Lipinski definition) is 10. The van der Waals surface area contributed by atoms with Crippen LogP contribution in [-0.4, -0.2) is 81.2 Å². The summed E-state index contributed by atoms with van der Waals surface area (Å²) in [7, 11) is 1.08. The SMILES string of the molecule is CC/C=C/C/C=C/C=C/C(O)CCCCCCCC(=O)O[C@H](COC(=O)CCCCCCCCCCc1oc(CCC)c(C)c1C)COP(=O)([O-])OCC[N+](C)(C)C. The van der Waals surface area contributed by atoms with Crippen molar-refractivity contribution in [3.05, 3.63) is 59.1 Å². The quantitative estimate of drug-likeness (QED) is 0.0173. The first-order valence-corrected chi connectivity index (χ1v) is 23.6. The molecule has 11 nitrogen and oxygen atoms in total. The van der Waals surface area contributed by atoms with Crippen LogP contribution in [0.2, 0.25) is 0 Å². The number of aliphatic hydroxyl groups excluding tert-OH is 1. The van der Waals surface area contributed by atoms with E-state index in [9.17, 15) is 24.2 Å². The number of allylic oxidation sites excluding steroid dienone is 5. The van der Waals surface area contributed by atoms with Crippen molar-refractivity contribution < 1.29 is 51.6 Å². The van der Waals surface area contributed by atoms with Gasteiger partial charge < -0.3 is 37.4 Å². The second-order valence-electron chi connectivity index (χ2n) is 16.5. The van der Waals surface area contributed by atoms with Crippen molar-refractivity contribution in [1.82, 2.24) is 0 Å². The molecule has 58 heavy (non-hydrogen) atoms. The molecule has 1 rings (SSSR count). The Kier molecular flexibility index (Phi) is 29.8. The van der Waals surface area contributed by atoms with Crippen LogP contribution in [-0.2, 0) is 45.5 Å². The van der Waals surface area contributed by atoms with Gasteiger partial charge in [-0.1, -0.05) is 115 Å². The van der Waals surface area contributed by atoms with E-state index in [-0.39, 0.29) is 26.1 Å². The molecule has 1 aromatic rings. The molecule has 1 aromatic heterocycles. The molecule has 0 aliphatic heterocycles. The zero-order valence-electron chi connectivity index (χ0n) is 37.3. The van der Waals surface area contributed by atoms with E-state index >= 15 is 0 Å². The highest BCUT2D eigenvalue weighted by atomic mass is 31.2. The van der Waals surface area contributed by atoms with Gasteiger partial charge in [-0.2, -0.15) is 0 Å². The van der Waals surface area contributed by atoms with Crippen LogP contribution in [0.1, 0.15) is 158 Å². The van der Waals surface area contributed by atoms with Crippen LogP contribution >= 0.6 is 7.82 Å². The number of unbranched alkanes of at least 4 members (excludes halogenated alkanes) is 11. The highest BCUT2D eigenvalue weighted by Crippen LogP contribution is 2.38. The van der Waals surface area contributed by atoms with Crippen molar-refractivity contribution in [2.45, 2.75) is 175 Å². The Hall–Kier alpha value is -2.53. The Morgan fingerprint density at radius 2 is 1.34 bits per heavy atom. The number of quaternary nitrogens is 1. The van der Waals surface area contributed by atoms with Crippen molar-refractivity contribution in [1.29, 1.82) is 0 Å². The van der Waals surface area contributed by atoms with Gasteiger partial charge in [-0.3, -0.25) is 14.2 Å². The first kappa shape index (κ1) is 53.5. The molecule has 0 aliphatic rings. The number of esters is 2. The summed E-state index contributed by atoms with van der Waals surface area (Å²) in [5.41, 5.74) is 2.62. The average molecular weight is 838 g/mol. The van der Waals surface area contributed by atoms with Gasteiger partial charge in [0, 0.05) is 25.7 Å². The summed E-state index contributed by atoms with van der Waals surface area (Å²) >= 11 is 0. The molecule has 0 amide bonds. The van der Waals surface area contributed by atoms with Gasteiger partial charge in [0.15, 0.2) is 6.10 Å². The fraction of sp³-hybridized carbons (Fsp3) is 0.739. The number of nitrogens with zero attached hydrogens (tertiary/aromatic N) is 1. The number of phosphoric ester groups is 1. The highest BCUT2D eigenvalue weighted by molar-refractivity contribution is 7.45. The van der Waals surface area contributed by atoms with Gasteiger partial charge in [0.2, 0.25) is 0 Å². The van der Waals surface area contributed by atoms with E-state index < -0.39 is 38.6 Å². The monoisotopic (exact) mass is 838 g/mol. The van der Waals surface area contributed by atoms with Crippen LogP contribution in [0.15, 0.2) is 40.9 Å².